The van der Waals surface area contributed by atoms with Crippen LogP contribution in [0.4, 0.5) is 10.3 Å². The van der Waals surface area contributed by atoms with Crippen LogP contribution in [0.5, 0.6) is 0 Å². The van der Waals surface area contributed by atoms with E-state index in [9.17, 15) is 4.39 Å². The predicted octanol–water partition coefficient (Wildman–Crippen LogP) is 2.66. The molecule has 90 valence electrons. The maximum absolute atomic E-state index is 13.1. The van der Waals surface area contributed by atoms with Crippen LogP contribution in [0.1, 0.15) is 24.2 Å². The summed E-state index contributed by atoms with van der Waals surface area (Å²) in [4.78, 5) is 8.01. The smallest absolute Gasteiger partial charge is 0.224 e. The summed E-state index contributed by atoms with van der Waals surface area (Å²) in [6.45, 7) is 1.87. The van der Waals surface area contributed by atoms with Crippen LogP contribution in [0, 0.1) is 17.1 Å². The summed E-state index contributed by atoms with van der Waals surface area (Å²) >= 11 is 0. The van der Waals surface area contributed by atoms with Gasteiger partial charge in [-0.2, -0.15) is 5.26 Å². The molecule has 0 saturated heterocycles. The maximum Gasteiger partial charge on any atom is 0.224 e. The van der Waals surface area contributed by atoms with Crippen molar-refractivity contribution in [1.82, 2.24) is 9.97 Å². The van der Waals surface area contributed by atoms with E-state index >= 15 is 0 Å². The Labute approximate surface area is 104 Å². The van der Waals surface area contributed by atoms with E-state index in [0.717, 1.165) is 5.56 Å². The van der Waals surface area contributed by atoms with Crippen molar-refractivity contribution in [2.45, 2.75) is 13.0 Å². The molecule has 1 aromatic carbocycles. The Balaban J connectivity index is 2.16. The highest BCUT2D eigenvalue weighted by Gasteiger charge is 2.08. The quantitative estimate of drug-likeness (QED) is 0.898. The van der Waals surface area contributed by atoms with Gasteiger partial charge in [0.05, 0.1) is 6.04 Å². The maximum atomic E-state index is 13.1. The number of nitriles is 1. The van der Waals surface area contributed by atoms with Gasteiger partial charge in [-0.1, -0.05) is 12.1 Å². The van der Waals surface area contributed by atoms with Crippen molar-refractivity contribution in [3.05, 3.63) is 53.6 Å². The van der Waals surface area contributed by atoms with Crippen molar-refractivity contribution in [3.63, 3.8) is 0 Å². The molecule has 1 N–H and O–H groups in total. The topological polar surface area (TPSA) is 61.6 Å². The third-order valence-corrected chi connectivity index (χ3v) is 2.46. The minimum Gasteiger partial charge on any atom is -0.348 e. The number of hydrogen-bond donors (Lipinski definition) is 1. The van der Waals surface area contributed by atoms with Crippen LogP contribution in [0.15, 0.2) is 36.5 Å². The van der Waals surface area contributed by atoms with Gasteiger partial charge in [0, 0.05) is 6.20 Å². The summed E-state index contributed by atoms with van der Waals surface area (Å²) in [5.41, 5.74) is 1.08. The molecular weight excluding hydrogens is 231 g/mol. The summed E-state index contributed by atoms with van der Waals surface area (Å²) in [5.74, 6) is 0.0682. The van der Waals surface area contributed by atoms with Crippen LogP contribution in [0.3, 0.4) is 0 Å². The molecular formula is C13H11FN4. The van der Waals surface area contributed by atoms with E-state index in [1.54, 1.807) is 6.07 Å². The molecule has 1 heterocycles. The Bertz CT molecular complexity index is 592. The fourth-order valence-electron chi connectivity index (χ4n) is 1.54. The predicted molar refractivity (Wildman–Crippen MR) is 65.2 cm³/mol. The van der Waals surface area contributed by atoms with E-state index in [4.69, 9.17) is 5.26 Å². The second kappa shape index (κ2) is 5.23. The minimum absolute atomic E-state index is 0.144. The number of halogens is 1. The van der Waals surface area contributed by atoms with Crippen molar-refractivity contribution in [2.75, 3.05) is 5.32 Å². The molecule has 0 fully saturated rings. The fraction of sp³-hybridized carbons (Fsp3) is 0.154. The Hall–Kier alpha value is -2.48. The molecule has 1 aromatic heterocycles. The molecule has 2 rings (SSSR count). The molecule has 0 amide bonds. The number of benzene rings is 1. The molecule has 0 aliphatic carbocycles. The van der Waals surface area contributed by atoms with Gasteiger partial charge in [-0.3, -0.25) is 0 Å². The van der Waals surface area contributed by atoms with Gasteiger partial charge in [0.15, 0.2) is 0 Å². The van der Waals surface area contributed by atoms with Crippen molar-refractivity contribution < 1.29 is 4.39 Å². The van der Waals surface area contributed by atoms with Gasteiger partial charge in [0.2, 0.25) is 5.95 Å². The van der Waals surface area contributed by atoms with E-state index in [2.05, 4.69) is 15.3 Å². The summed E-state index contributed by atoms with van der Waals surface area (Å²) in [6.07, 6.45) is 1.51. The molecule has 1 unspecified atom stereocenters. The van der Waals surface area contributed by atoms with Crippen LogP contribution in [-0.2, 0) is 0 Å². The van der Waals surface area contributed by atoms with Crippen molar-refractivity contribution in [3.8, 4) is 6.07 Å². The summed E-state index contributed by atoms with van der Waals surface area (Å²) in [5, 5.41) is 11.8. The monoisotopic (exact) mass is 242 g/mol. The normalized spacial score (nSPS) is 11.6. The number of nitrogens with zero attached hydrogens (tertiary/aromatic N) is 3. The van der Waals surface area contributed by atoms with E-state index in [-0.39, 0.29) is 11.9 Å². The summed E-state index contributed by atoms with van der Waals surface area (Å²) < 4.78 is 13.1. The first-order valence-electron chi connectivity index (χ1n) is 5.44. The molecule has 4 nitrogen and oxygen atoms in total. The van der Waals surface area contributed by atoms with Crippen LogP contribution >= 0.6 is 0 Å². The largest absolute Gasteiger partial charge is 0.348 e. The fourth-order valence-corrected chi connectivity index (χ4v) is 1.54. The third-order valence-electron chi connectivity index (χ3n) is 2.46. The first-order chi connectivity index (χ1) is 8.69. The van der Waals surface area contributed by atoms with E-state index < -0.39 is 0 Å². The van der Waals surface area contributed by atoms with Gasteiger partial charge in [0.1, 0.15) is 17.6 Å². The molecule has 0 bridgehead atoms. The lowest BCUT2D eigenvalue weighted by atomic mass is 10.1. The Morgan fingerprint density at radius 1 is 1.39 bits per heavy atom. The molecule has 18 heavy (non-hydrogen) atoms. The Morgan fingerprint density at radius 3 is 2.94 bits per heavy atom. The van der Waals surface area contributed by atoms with Crippen LogP contribution in [0.2, 0.25) is 0 Å². The van der Waals surface area contributed by atoms with Crippen LogP contribution in [0.25, 0.3) is 0 Å². The zero-order chi connectivity index (χ0) is 13.0. The highest BCUT2D eigenvalue weighted by molar-refractivity contribution is 5.34. The third kappa shape index (κ3) is 2.80. The zero-order valence-corrected chi connectivity index (χ0v) is 9.76. The highest BCUT2D eigenvalue weighted by Crippen LogP contribution is 2.17. The number of hydrogen-bond acceptors (Lipinski definition) is 4. The Kier molecular flexibility index (Phi) is 3.49. The van der Waals surface area contributed by atoms with Gasteiger partial charge in [0.25, 0.3) is 0 Å². The molecule has 1 atom stereocenters. The second-order valence-corrected chi connectivity index (χ2v) is 3.80. The molecule has 5 heteroatoms. The SMILES string of the molecule is CC(Nc1nccc(C#N)n1)c1cccc(F)c1. The van der Waals surface area contributed by atoms with E-state index in [0.29, 0.717) is 11.6 Å². The number of aromatic nitrogens is 2. The molecule has 0 saturated carbocycles. The van der Waals surface area contributed by atoms with Crippen molar-refractivity contribution in [1.29, 1.82) is 5.26 Å². The van der Waals surface area contributed by atoms with Crippen LogP contribution < -0.4 is 5.32 Å². The molecule has 0 radical (unpaired) electrons. The van der Waals surface area contributed by atoms with Gasteiger partial charge in [-0.15, -0.1) is 0 Å². The molecule has 0 aliphatic rings. The number of nitrogens with one attached hydrogen (secondary N) is 1. The van der Waals surface area contributed by atoms with Crippen molar-refractivity contribution in [2.24, 2.45) is 0 Å². The highest BCUT2D eigenvalue weighted by atomic mass is 19.1. The molecule has 2 aromatic rings. The standard InChI is InChI=1S/C13H11FN4/c1-9(10-3-2-4-11(14)7-10)17-13-16-6-5-12(8-15)18-13/h2-7,9H,1H3,(H,16,17,18). The van der Waals surface area contributed by atoms with Crippen LogP contribution in [-0.4, -0.2) is 9.97 Å². The first-order valence-corrected chi connectivity index (χ1v) is 5.44. The average Bonchev–Trinajstić information content (AvgIpc) is 2.39. The first kappa shape index (κ1) is 12.0. The lowest BCUT2D eigenvalue weighted by Crippen LogP contribution is -2.09. The second-order valence-electron chi connectivity index (χ2n) is 3.80. The number of anilines is 1. The average molecular weight is 242 g/mol. The van der Waals surface area contributed by atoms with Gasteiger partial charge in [-0.05, 0) is 30.7 Å². The lowest BCUT2D eigenvalue weighted by molar-refractivity contribution is 0.623. The van der Waals surface area contributed by atoms with E-state index in [1.165, 1.54) is 24.4 Å². The minimum atomic E-state index is -0.284. The summed E-state index contributed by atoms with van der Waals surface area (Å²) in [6, 6.07) is 9.63. The zero-order valence-electron chi connectivity index (χ0n) is 9.76. The van der Waals surface area contributed by atoms with Crippen molar-refractivity contribution >= 4 is 5.95 Å². The lowest BCUT2D eigenvalue weighted by Gasteiger charge is -2.14. The van der Waals surface area contributed by atoms with Gasteiger partial charge < -0.3 is 5.32 Å². The van der Waals surface area contributed by atoms with E-state index in [1.807, 2.05) is 19.1 Å². The van der Waals surface area contributed by atoms with Gasteiger partial charge in [-0.25, -0.2) is 14.4 Å². The Morgan fingerprint density at radius 2 is 2.22 bits per heavy atom. The molecule has 0 spiro atoms. The van der Waals surface area contributed by atoms with Gasteiger partial charge >= 0.3 is 0 Å². The summed E-state index contributed by atoms with van der Waals surface area (Å²) in [7, 11) is 0. The molecule has 0 aliphatic heterocycles. The number of rotatable bonds is 3.